The molecule has 2 aromatic rings. The highest BCUT2D eigenvalue weighted by Gasteiger charge is 2.24. The lowest BCUT2D eigenvalue weighted by atomic mass is 10.2. The average Bonchev–Trinajstić information content (AvgIpc) is 2.96. The molecule has 0 aliphatic rings. The molecule has 0 amide bonds. The molecule has 2 aromatic carbocycles. The number of likely N-dealkylation sites (N-methyl/N-ethyl adjacent to an activating group) is 1. The van der Waals surface area contributed by atoms with Crippen LogP contribution in [0.4, 0.5) is 0 Å². The standard InChI is InChI=1S/C26H26I6NO12P/c1-33(2,3)4-5-43-46(38,39)44-11-16(45-22(35)13-42-26(37)15-8-19(29)24(32)20(30)9-15)10-40-21(34)12-41-25(36)14-6-17(27)23(31)18(28)7-14/h6-9,16H,4-5,10-13H2,1-3H3/t16-/m1/s1. The monoisotopic (exact) mass is 1340 g/mol. The molecule has 0 saturated heterocycles. The van der Waals surface area contributed by atoms with Crippen LogP contribution in [-0.2, 0) is 42.1 Å². The van der Waals surface area contributed by atoms with Crippen molar-refractivity contribution in [2.45, 2.75) is 6.10 Å². The predicted octanol–water partition coefficient (Wildman–Crippen LogP) is 4.99. The zero-order valence-corrected chi connectivity index (χ0v) is 38.0. The third kappa shape index (κ3) is 15.8. The number of phosphoric acid groups is 1. The fourth-order valence-corrected chi connectivity index (χ4v) is 7.85. The Morgan fingerprint density at radius 1 is 0.717 bits per heavy atom. The van der Waals surface area contributed by atoms with E-state index in [1.165, 1.54) is 0 Å². The summed E-state index contributed by atoms with van der Waals surface area (Å²) in [6.07, 6.45) is -1.45. The second kappa shape index (κ2) is 20.0. The third-order valence-electron chi connectivity index (χ3n) is 5.24. The molecule has 13 nitrogen and oxygen atoms in total. The molecule has 0 bridgehead atoms. The van der Waals surface area contributed by atoms with Gasteiger partial charge in [0.1, 0.15) is 19.8 Å². The summed E-state index contributed by atoms with van der Waals surface area (Å²) in [6.45, 7) is -2.83. The summed E-state index contributed by atoms with van der Waals surface area (Å²) in [5, 5.41) is 0. The first kappa shape index (κ1) is 42.9. The van der Waals surface area contributed by atoms with Gasteiger partial charge < -0.3 is 37.4 Å². The van der Waals surface area contributed by atoms with Gasteiger partial charge in [-0.2, -0.15) is 0 Å². The maximum atomic E-state index is 12.5. The van der Waals surface area contributed by atoms with Gasteiger partial charge in [0.15, 0.2) is 19.3 Å². The topological polar surface area (TPSA) is 164 Å². The first-order chi connectivity index (χ1) is 21.3. The van der Waals surface area contributed by atoms with E-state index in [2.05, 4.69) is 136 Å². The Labute approximate surface area is 347 Å². The number of quaternary nitrogens is 1. The fraction of sp³-hybridized carbons (Fsp3) is 0.385. The van der Waals surface area contributed by atoms with Crippen molar-refractivity contribution in [1.29, 1.82) is 0 Å². The Bertz CT molecular complexity index is 1460. The smallest absolute Gasteiger partial charge is 0.344 e. The van der Waals surface area contributed by atoms with E-state index in [0.717, 1.165) is 21.4 Å². The van der Waals surface area contributed by atoms with Crippen LogP contribution < -0.4 is 4.89 Å². The summed E-state index contributed by atoms with van der Waals surface area (Å²) in [4.78, 5) is 62.1. The number of nitrogens with zero attached hydrogens (tertiary/aromatic N) is 1. The summed E-state index contributed by atoms with van der Waals surface area (Å²) in [5.74, 6) is -3.59. The van der Waals surface area contributed by atoms with Crippen LogP contribution in [-0.4, -0.2) is 95.2 Å². The lowest BCUT2D eigenvalue weighted by Gasteiger charge is -2.28. The second-order valence-electron chi connectivity index (χ2n) is 10.0. The number of halogens is 6. The molecule has 20 heteroatoms. The normalized spacial score (nSPS) is 13.3. The van der Waals surface area contributed by atoms with E-state index >= 15 is 0 Å². The first-order valence-electron chi connectivity index (χ1n) is 12.7. The van der Waals surface area contributed by atoms with Gasteiger partial charge in [-0.25, -0.2) is 19.2 Å². The largest absolute Gasteiger partial charge is 0.756 e. The van der Waals surface area contributed by atoms with Crippen molar-refractivity contribution in [3.63, 3.8) is 0 Å². The first-order valence-corrected chi connectivity index (χ1v) is 20.6. The van der Waals surface area contributed by atoms with Crippen LogP contribution in [0.3, 0.4) is 0 Å². The SMILES string of the molecule is C[N+](C)(C)CCOP(=O)([O-])OC[C@@H](COC(=O)COC(=O)c1cc(I)c(I)c(I)c1)OC(=O)COC(=O)c1cc(I)c(I)c(I)c1. The number of ether oxygens (including phenoxy) is 4. The zero-order chi connectivity index (χ0) is 34.8. The highest BCUT2D eigenvalue weighted by Crippen LogP contribution is 2.38. The number of phosphoric ester groups is 1. The molecule has 46 heavy (non-hydrogen) atoms. The quantitative estimate of drug-likeness (QED) is 0.0554. The molecule has 0 fully saturated rings. The van der Waals surface area contributed by atoms with Crippen molar-refractivity contribution in [2.75, 3.05) is 60.7 Å². The summed E-state index contributed by atoms with van der Waals surface area (Å²) in [6, 6.07) is 6.43. The van der Waals surface area contributed by atoms with Gasteiger partial charge in [0.2, 0.25) is 0 Å². The fourth-order valence-electron chi connectivity index (χ4n) is 2.96. The summed E-state index contributed by atoms with van der Waals surface area (Å²) in [7, 11) is 0.699. The third-order valence-corrected chi connectivity index (χ3v) is 16.1. The van der Waals surface area contributed by atoms with Gasteiger partial charge in [-0.15, -0.1) is 0 Å². The van der Waals surface area contributed by atoms with Gasteiger partial charge in [-0.3, -0.25) is 4.57 Å². The van der Waals surface area contributed by atoms with Crippen molar-refractivity contribution >= 4 is 167 Å². The van der Waals surface area contributed by atoms with Crippen LogP contribution in [0, 0.1) is 21.4 Å². The van der Waals surface area contributed by atoms with Gasteiger partial charge in [0, 0.05) is 21.4 Å². The van der Waals surface area contributed by atoms with Crippen LogP contribution in [0.25, 0.3) is 0 Å². The number of benzene rings is 2. The molecule has 0 aliphatic carbocycles. The Morgan fingerprint density at radius 2 is 1.15 bits per heavy atom. The Balaban J connectivity index is 2.00. The van der Waals surface area contributed by atoms with E-state index in [9.17, 15) is 28.6 Å². The van der Waals surface area contributed by atoms with E-state index < -0.39 is 64.2 Å². The van der Waals surface area contributed by atoms with Crippen molar-refractivity contribution in [1.82, 2.24) is 0 Å². The maximum absolute atomic E-state index is 12.5. The predicted molar refractivity (Wildman–Crippen MR) is 213 cm³/mol. The van der Waals surface area contributed by atoms with E-state index in [1.54, 1.807) is 24.3 Å². The molecule has 0 aliphatic heterocycles. The molecule has 2 rings (SSSR count). The molecular formula is C26H26I6NO12P. The maximum Gasteiger partial charge on any atom is 0.344 e. The average molecular weight is 1340 g/mol. The molecular weight excluding hydrogens is 1310 g/mol. The number of carbonyl (C=O) groups is 4. The number of rotatable bonds is 16. The Hall–Kier alpha value is 0.770. The molecule has 2 atom stereocenters. The molecule has 0 aromatic heterocycles. The van der Waals surface area contributed by atoms with Crippen molar-refractivity contribution < 1.29 is 61.1 Å². The van der Waals surface area contributed by atoms with Crippen LogP contribution in [0.2, 0.25) is 0 Å². The minimum absolute atomic E-state index is 0.167. The zero-order valence-electron chi connectivity index (χ0n) is 24.2. The number of esters is 4. The van der Waals surface area contributed by atoms with Crippen LogP contribution in [0.1, 0.15) is 20.7 Å². The van der Waals surface area contributed by atoms with E-state index in [4.69, 9.17) is 28.0 Å². The Morgan fingerprint density at radius 3 is 1.59 bits per heavy atom. The van der Waals surface area contributed by atoms with Gasteiger partial charge in [0.05, 0.1) is 38.9 Å². The molecule has 0 radical (unpaired) electrons. The molecule has 0 saturated carbocycles. The van der Waals surface area contributed by atoms with E-state index in [-0.39, 0.29) is 17.7 Å². The van der Waals surface area contributed by atoms with Gasteiger partial charge in [-0.05, 0) is 160 Å². The molecule has 1 unspecified atom stereocenters. The molecule has 0 heterocycles. The van der Waals surface area contributed by atoms with Crippen molar-refractivity contribution in [3.05, 3.63) is 56.8 Å². The van der Waals surface area contributed by atoms with Crippen LogP contribution in [0.15, 0.2) is 24.3 Å². The van der Waals surface area contributed by atoms with Gasteiger partial charge >= 0.3 is 23.9 Å². The summed E-state index contributed by atoms with van der Waals surface area (Å²) >= 11 is 12.6. The lowest BCUT2D eigenvalue weighted by Crippen LogP contribution is -2.37. The highest BCUT2D eigenvalue weighted by atomic mass is 127. The molecule has 0 N–H and O–H groups in total. The Kier molecular flexibility index (Phi) is 18.6. The number of carbonyl (C=O) groups excluding carboxylic acids is 4. The minimum Gasteiger partial charge on any atom is -0.756 e. The van der Waals surface area contributed by atoms with Crippen molar-refractivity contribution in [2.24, 2.45) is 0 Å². The molecule has 254 valence electrons. The van der Waals surface area contributed by atoms with E-state index in [1.807, 2.05) is 21.1 Å². The van der Waals surface area contributed by atoms with E-state index in [0.29, 0.717) is 11.0 Å². The van der Waals surface area contributed by atoms with Gasteiger partial charge in [-0.1, -0.05) is 0 Å². The van der Waals surface area contributed by atoms with Crippen LogP contribution in [0.5, 0.6) is 0 Å². The molecule has 0 spiro atoms. The summed E-state index contributed by atoms with van der Waals surface area (Å²) in [5.41, 5.74) is 0.459. The minimum atomic E-state index is -4.83. The van der Waals surface area contributed by atoms with Gasteiger partial charge in [0.25, 0.3) is 7.82 Å². The second-order valence-corrected chi connectivity index (χ2v) is 18.3. The number of hydrogen-bond donors (Lipinski definition) is 0. The summed E-state index contributed by atoms with van der Waals surface area (Å²) < 4.78 is 48.0. The van der Waals surface area contributed by atoms with Crippen LogP contribution >= 0.6 is 143 Å². The number of hydrogen-bond acceptors (Lipinski definition) is 12. The lowest BCUT2D eigenvalue weighted by molar-refractivity contribution is -0.870. The van der Waals surface area contributed by atoms with Crippen molar-refractivity contribution in [3.8, 4) is 0 Å². The highest BCUT2D eigenvalue weighted by molar-refractivity contribution is 14.1.